The lowest BCUT2D eigenvalue weighted by Crippen LogP contribution is -2.41. The number of esters is 1. The highest BCUT2D eigenvalue weighted by atomic mass is 16.5. The summed E-state index contributed by atoms with van der Waals surface area (Å²) in [5.74, 6) is -0.229. The molecular weight excluding hydrogens is 288 g/mol. The van der Waals surface area contributed by atoms with Crippen LogP contribution >= 0.6 is 0 Å². The zero-order valence-corrected chi connectivity index (χ0v) is 14.3. The molecule has 0 aliphatic heterocycles. The number of aromatic amines is 1. The lowest BCUT2D eigenvalue weighted by atomic mass is 9.85. The number of nitrogens with zero attached hydrogens (tertiary/aromatic N) is 1. The summed E-state index contributed by atoms with van der Waals surface area (Å²) in [5.41, 5.74) is 4.32. The number of ether oxygens (including phenoxy) is 1. The lowest BCUT2D eigenvalue weighted by molar-refractivity contribution is 0.0599. The van der Waals surface area contributed by atoms with E-state index in [2.05, 4.69) is 29.9 Å². The Bertz CT molecular complexity index is 699. The number of aromatic nitrogens is 1. The summed E-state index contributed by atoms with van der Waals surface area (Å²) in [6.07, 6.45) is 6.40. The van der Waals surface area contributed by atoms with E-state index in [0.717, 1.165) is 55.4 Å². The van der Waals surface area contributed by atoms with Crippen LogP contribution in [0.3, 0.4) is 0 Å². The van der Waals surface area contributed by atoms with Gasteiger partial charge in [0.1, 0.15) is 0 Å². The maximum Gasteiger partial charge on any atom is 0.338 e. The van der Waals surface area contributed by atoms with Gasteiger partial charge >= 0.3 is 5.97 Å². The normalized spacial score (nSPS) is 17.0. The topological polar surface area (TPSA) is 45.3 Å². The monoisotopic (exact) mass is 314 g/mol. The first-order chi connectivity index (χ1) is 11.2. The van der Waals surface area contributed by atoms with Crippen molar-refractivity contribution < 1.29 is 9.53 Å². The Labute approximate surface area is 137 Å². The summed E-state index contributed by atoms with van der Waals surface area (Å²) in [7, 11) is 1.46. The van der Waals surface area contributed by atoms with Crippen LogP contribution in [-0.4, -0.2) is 42.1 Å². The molecule has 0 radical (unpaired) electrons. The second-order valence-electron chi connectivity index (χ2n) is 6.42. The third kappa shape index (κ3) is 2.88. The second kappa shape index (κ2) is 6.75. The Hall–Kier alpha value is -1.81. The molecule has 0 amide bonds. The van der Waals surface area contributed by atoms with Gasteiger partial charge in [0.05, 0.1) is 12.7 Å². The molecule has 0 saturated heterocycles. The molecule has 1 aromatic heterocycles. The highest BCUT2D eigenvalue weighted by molar-refractivity contribution is 5.99. The molecule has 2 aromatic rings. The minimum Gasteiger partial charge on any atom is -0.465 e. The SMILES string of the molecule is CCCN(CCC)C1Cc2c[nH]c3ccc(C(=O)OC)c(c23)C1. The average Bonchev–Trinajstić information content (AvgIpc) is 2.98. The fraction of sp³-hybridized carbons (Fsp3) is 0.526. The predicted molar refractivity (Wildman–Crippen MR) is 93.0 cm³/mol. The highest BCUT2D eigenvalue weighted by Gasteiger charge is 2.29. The van der Waals surface area contributed by atoms with Crippen LogP contribution in [0.15, 0.2) is 18.3 Å². The van der Waals surface area contributed by atoms with Gasteiger partial charge < -0.3 is 9.72 Å². The van der Waals surface area contributed by atoms with Crippen LogP contribution in [0.2, 0.25) is 0 Å². The van der Waals surface area contributed by atoms with Crippen LogP contribution in [0.25, 0.3) is 10.9 Å². The summed E-state index contributed by atoms with van der Waals surface area (Å²) in [4.78, 5) is 18.1. The van der Waals surface area contributed by atoms with E-state index in [9.17, 15) is 4.79 Å². The molecule has 4 heteroatoms. The highest BCUT2D eigenvalue weighted by Crippen LogP contribution is 2.34. The lowest BCUT2D eigenvalue weighted by Gasteiger charge is -2.34. The standard InChI is InChI=1S/C19H26N2O2/c1-4-8-21(9-5-2)14-10-13-12-20-17-7-6-15(19(22)23-3)16(11-14)18(13)17/h6-7,12,14,20H,4-5,8-11H2,1-3H3. The predicted octanol–water partition coefficient (Wildman–Crippen LogP) is 3.54. The van der Waals surface area contributed by atoms with Crippen molar-refractivity contribution in [2.45, 2.75) is 45.6 Å². The van der Waals surface area contributed by atoms with Crippen molar-refractivity contribution in [2.24, 2.45) is 0 Å². The van der Waals surface area contributed by atoms with E-state index in [0.29, 0.717) is 6.04 Å². The van der Waals surface area contributed by atoms with Gasteiger partial charge in [0.15, 0.2) is 0 Å². The van der Waals surface area contributed by atoms with Gasteiger partial charge in [-0.25, -0.2) is 4.79 Å². The van der Waals surface area contributed by atoms with Crippen LogP contribution < -0.4 is 0 Å². The van der Waals surface area contributed by atoms with Gasteiger partial charge in [0.25, 0.3) is 0 Å². The molecule has 0 spiro atoms. The number of benzene rings is 1. The van der Waals surface area contributed by atoms with Crippen LogP contribution in [0.4, 0.5) is 0 Å². The van der Waals surface area contributed by atoms with Crippen molar-refractivity contribution in [3.63, 3.8) is 0 Å². The van der Waals surface area contributed by atoms with Crippen molar-refractivity contribution in [3.8, 4) is 0 Å². The molecule has 1 aromatic carbocycles. The largest absolute Gasteiger partial charge is 0.465 e. The van der Waals surface area contributed by atoms with Gasteiger partial charge in [-0.15, -0.1) is 0 Å². The fourth-order valence-electron chi connectivity index (χ4n) is 3.92. The van der Waals surface area contributed by atoms with Gasteiger partial charge in [-0.2, -0.15) is 0 Å². The second-order valence-corrected chi connectivity index (χ2v) is 6.42. The summed E-state index contributed by atoms with van der Waals surface area (Å²) < 4.78 is 5.00. The molecule has 1 atom stereocenters. The van der Waals surface area contributed by atoms with Gasteiger partial charge in [-0.1, -0.05) is 13.8 Å². The van der Waals surface area contributed by atoms with Crippen LogP contribution in [0.1, 0.15) is 48.2 Å². The first-order valence-electron chi connectivity index (χ1n) is 8.63. The number of rotatable bonds is 6. The Morgan fingerprint density at radius 3 is 2.65 bits per heavy atom. The first kappa shape index (κ1) is 16.1. The third-order valence-electron chi connectivity index (χ3n) is 4.87. The summed E-state index contributed by atoms with van der Waals surface area (Å²) in [6.45, 7) is 6.69. The number of H-pyrrole nitrogens is 1. The molecule has 0 bridgehead atoms. The Morgan fingerprint density at radius 1 is 1.26 bits per heavy atom. The van der Waals surface area contributed by atoms with Gasteiger partial charge in [-0.05, 0) is 62.0 Å². The van der Waals surface area contributed by atoms with Crippen LogP contribution in [0, 0.1) is 0 Å². The number of hydrogen-bond donors (Lipinski definition) is 1. The van der Waals surface area contributed by atoms with E-state index >= 15 is 0 Å². The molecule has 4 nitrogen and oxygen atoms in total. The van der Waals surface area contributed by atoms with E-state index < -0.39 is 0 Å². The average molecular weight is 314 g/mol. The Kier molecular flexibility index (Phi) is 4.71. The molecular formula is C19H26N2O2. The molecule has 0 fully saturated rings. The van der Waals surface area contributed by atoms with E-state index in [1.54, 1.807) is 0 Å². The summed E-state index contributed by atoms with van der Waals surface area (Å²) >= 11 is 0. The van der Waals surface area contributed by atoms with E-state index in [4.69, 9.17) is 4.74 Å². The minimum absolute atomic E-state index is 0.229. The van der Waals surface area contributed by atoms with Crippen molar-refractivity contribution >= 4 is 16.9 Å². The Morgan fingerprint density at radius 2 is 2.00 bits per heavy atom. The summed E-state index contributed by atoms with van der Waals surface area (Å²) in [6, 6.07) is 4.35. The maximum absolute atomic E-state index is 12.2. The third-order valence-corrected chi connectivity index (χ3v) is 4.87. The van der Waals surface area contributed by atoms with Gasteiger partial charge in [0.2, 0.25) is 0 Å². The number of nitrogens with one attached hydrogen (secondary N) is 1. The molecule has 124 valence electrons. The molecule has 1 aliphatic rings. The number of hydrogen-bond acceptors (Lipinski definition) is 3. The molecule has 1 heterocycles. The van der Waals surface area contributed by atoms with Crippen molar-refractivity contribution in [3.05, 3.63) is 35.0 Å². The number of carbonyl (C=O) groups is 1. The smallest absolute Gasteiger partial charge is 0.338 e. The van der Waals surface area contributed by atoms with Crippen molar-refractivity contribution in [2.75, 3.05) is 20.2 Å². The van der Waals surface area contributed by atoms with E-state index in [1.165, 1.54) is 18.1 Å². The number of methoxy groups -OCH3 is 1. The van der Waals surface area contributed by atoms with E-state index in [-0.39, 0.29) is 5.97 Å². The van der Waals surface area contributed by atoms with Crippen LogP contribution in [0.5, 0.6) is 0 Å². The summed E-state index contributed by atoms with van der Waals surface area (Å²) in [5, 5.41) is 1.23. The molecule has 1 aliphatic carbocycles. The zero-order chi connectivity index (χ0) is 16.4. The zero-order valence-electron chi connectivity index (χ0n) is 14.3. The molecule has 3 rings (SSSR count). The molecule has 1 unspecified atom stereocenters. The quantitative estimate of drug-likeness (QED) is 0.830. The maximum atomic E-state index is 12.2. The van der Waals surface area contributed by atoms with E-state index in [1.807, 2.05) is 12.1 Å². The van der Waals surface area contributed by atoms with Crippen LogP contribution in [-0.2, 0) is 17.6 Å². The Balaban J connectivity index is 2.02. The molecule has 23 heavy (non-hydrogen) atoms. The van der Waals surface area contributed by atoms with Crippen molar-refractivity contribution in [1.29, 1.82) is 0 Å². The van der Waals surface area contributed by atoms with Gasteiger partial charge in [0, 0.05) is 23.1 Å². The minimum atomic E-state index is -0.229. The molecule has 1 N–H and O–H groups in total. The first-order valence-corrected chi connectivity index (χ1v) is 8.63. The van der Waals surface area contributed by atoms with Gasteiger partial charge in [-0.3, -0.25) is 4.90 Å². The molecule has 0 saturated carbocycles. The number of carbonyl (C=O) groups excluding carboxylic acids is 1. The van der Waals surface area contributed by atoms with Crippen molar-refractivity contribution in [1.82, 2.24) is 9.88 Å². The fourth-order valence-corrected chi connectivity index (χ4v) is 3.92.